The summed E-state index contributed by atoms with van der Waals surface area (Å²) in [4.78, 5) is 22.1. The van der Waals surface area contributed by atoms with Crippen LogP contribution in [0.3, 0.4) is 0 Å². The van der Waals surface area contributed by atoms with Crippen LogP contribution in [0.5, 0.6) is 5.75 Å². The monoisotopic (exact) mass is 300 g/mol. The number of aryl methyl sites for hydroxylation is 1. The first-order valence-corrected chi connectivity index (χ1v) is 7.06. The predicted molar refractivity (Wildman–Crippen MR) is 80.5 cm³/mol. The molecule has 0 saturated heterocycles. The number of rotatable bonds is 3. The number of cyclic esters (lactones) is 1. The molecule has 0 atom stereocenters. The van der Waals surface area contributed by atoms with E-state index in [0.717, 1.165) is 15.3 Å². The Morgan fingerprint density at radius 1 is 1.33 bits per heavy atom. The minimum absolute atomic E-state index is 0.256. The highest BCUT2D eigenvalue weighted by atomic mass is 32.1. The first kappa shape index (κ1) is 13.5. The molecule has 0 aromatic carbocycles. The molecule has 0 bridgehead atoms. The van der Waals surface area contributed by atoms with Crippen LogP contribution in [-0.2, 0) is 9.53 Å². The van der Waals surface area contributed by atoms with E-state index in [1.54, 1.807) is 31.6 Å². The van der Waals surface area contributed by atoms with E-state index in [0.29, 0.717) is 11.6 Å². The largest absolute Gasteiger partial charge is 0.495 e. The maximum Gasteiger partial charge on any atom is 0.363 e. The predicted octanol–water partition coefficient (Wildman–Crippen LogP) is 2.80. The van der Waals surface area contributed by atoms with Crippen molar-refractivity contribution in [2.24, 2.45) is 4.99 Å². The van der Waals surface area contributed by atoms with E-state index in [1.165, 1.54) is 11.3 Å². The fraction of sp³-hybridized carbons (Fsp3) is 0.133. The Labute approximate surface area is 125 Å². The lowest BCUT2D eigenvalue weighted by atomic mass is 10.2. The van der Waals surface area contributed by atoms with Crippen molar-refractivity contribution in [1.29, 1.82) is 0 Å². The molecule has 0 amide bonds. The average Bonchev–Trinajstić information content (AvgIpc) is 3.06. The van der Waals surface area contributed by atoms with Crippen LogP contribution in [0.4, 0.5) is 0 Å². The number of aromatic nitrogens is 1. The molecule has 1 aliphatic rings. The topological polar surface area (TPSA) is 60.8 Å². The summed E-state index contributed by atoms with van der Waals surface area (Å²) in [5.74, 6) is 0.507. The van der Waals surface area contributed by atoms with E-state index in [-0.39, 0.29) is 5.70 Å². The number of hydrogen-bond acceptors (Lipinski definition) is 6. The van der Waals surface area contributed by atoms with Crippen LogP contribution in [0.25, 0.3) is 6.08 Å². The first-order valence-electron chi connectivity index (χ1n) is 6.24. The van der Waals surface area contributed by atoms with Gasteiger partial charge in [-0.25, -0.2) is 9.79 Å². The summed E-state index contributed by atoms with van der Waals surface area (Å²) in [5, 5.41) is 0. The summed E-state index contributed by atoms with van der Waals surface area (Å²) in [6, 6.07) is 5.63. The van der Waals surface area contributed by atoms with Gasteiger partial charge in [0.05, 0.1) is 18.2 Å². The Morgan fingerprint density at radius 2 is 2.19 bits per heavy atom. The quantitative estimate of drug-likeness (QED) is 0.646. The summed E-state index contributed by atoms with van der Waals surface area (Å²) < 4.78 is 10.3. The van der Waals surface area contributed by atoms with Crippen molar-refractivity contribution < 1.29 is 14.3 Å². The number of carbonyl (C=O) groups is 1. The Bertz CT molecular complexity index is 762. The van der Waals surface area contributed by atoms with Gasteiger partial charge in [-0.1, -0.05) is 0 Å². The minimum Gasteiger partial charge on any atom is -0.495 e. The molecule has 0 spiro atoms. The number of thiophene rings is 1. The molecule has 0 N–H and O–H groups in total. The molecule has 0 aliphatic carbocycles. The van der Waals surface area contributed by atoms with Crippen LogP contribution >= 0.6 is 11.3 Å². The number of hydrogen-bond donors (Lipinski definition) is 0. The van der Waals surface area contributed by atoms with Gasteiger partial charge < -0.3 is 9.47 Å². The molecule has 3 heterocycles. The second-order valence-electron chi connectivity index (χ2n) is 4.40. The van der Waals surface area contributed by atoms with Crippen LogP contribution in [-0.4, -0.2) is 24.0 Å². The Balaban J connectivity index is 1.92. The van der Waals surface area contributed by atoms with Crippen LogP contribution in [0.2, 0.25) is 0 Å². The van der Waals surface area contributed by atoms with E-state index in [9.17, 15) is 4.79 Å². The number of aliphatic imine (C=N–C) groups is 1. The van der Waals surface area contributed by atoms with Crippen molar-refractivity contribution in [2.45, 2.75) is 6.92 Å². The van der Waals surface area contributed by atoms with Crippen molar-refractivity contribution in [3.05, 3.63) is 51.6 Å². The van der Waals surface area contributed by atoms with E-state index in [2.05, 4.69) is 9.98 Å². The van der Waals surface area contributed by atoms with Crippen molar-refractivity contribution in [3.8, 4) is 5.75 Å². The zero-order valence-electron chi connectivity index (χ0n) is 11.5. The zero-order valence-corrected chi connectivity index (χ0v) is 12.3. The second kappa shape index (κ2) is 5.49. The Morgan fingerprint density at radius 3 is 2.90 bits per heavy atom. The van der Waals surface area contributed by atoms with Gasteiger partial charge in [-0.3, -0.25) is 4.98 Å². The number of ether oxygens (including phenoxy) is 2. The van der Waals surface area contributed by atoms with Gasteiger partial charge in [0.1, 0.15) is 5.75 Å². The SMILES string of the molecule is COc1cncc(/C=C2/N=C(c3ccc(C)s3)OC2=O)c1. The standard InChI is InChI=1S/C15H12N2O3S/c1-9-3-4-13(21-9)14-17-12(15(18)20-14)6-10-5-11(19-2)8-16-7-10/h3-8H,1-2H3/b12-6+. The lowest BCUT2D eigenvalue weighted by Gasteiger charge is -1.99. The molecule has 0 unspecified atom stereocenters. The molecule has 2 aromatic heterocycles. The molecule has 6 heteroatoms. The summed E-state index contributed by atoms with van der Waals surface area (Å²) in [6.07, 6.45) is 4.86. The van der Waals surface area contributed by atoms with Gasteiger partial charge >= 0.3 is 5.97 Å². The highest BCUT2D eigenvalue weighted by Gasteiger charge is 2.25. The maximum absolute atomic E-state index is 11.9. The van der Waals surface area contributed by atoms with Gasteiger partial charge in [0, 0.05) is 11.1 Å². The van der Waals surface area contributed by atoms with Crippen molar-refractivity contribution in [3.63, 3.8) is 0 Å². The molecule has 5 nitrogen and oxygen atoms in total. The number of carbonyl (C=O) groups excluding carboxylic acids is 1. The zero-order chi connectivity index (χ0) is 14.8. The minimum atomic E-state index is -0.459. The molecule has 1 aliphatic heterocycles. The molecule has 3 rings (SSSR count). The van der Waals surface area contributed by atoms with E-state index in [1.807, 2.05) is 19.1 Å². The summed E-state index contributed by atoms with van der Waals surface area (Å²) >= 11 is 1.53. The van der Waals surface area contributed by atoms with Crippen LogP contribution in [0, 0.1) is 6.92 Å². The average molecular weight is 300 g/mol. The summed E-state index contributed by atoms with van der Waals surface area (Å²) in [6.45, 7) is 1.99. The third-order valence-electron chi connectivity index (χ3n) is 2.85. The summed E-state index contributed by atoms with van der Waals surface area (Å²) in [5.41, 5.74) is 0.986. The smallest absolute Gasteiger partial charge is 0.363 e. The Kier molecular flexibility index (Phi) is 3.53. The van der Waals surface area contributed by atoms with E-state index in [4.69, 9.17) is 9.47 Å². The van der Waals surface area contributed by atoms with Gasteiger partial charge in [-0.05, 0) is 36.8 Å². The van der Waals surface area contributed by atoms with Crippen LogP contribution in [0.1, 0.15) is 15.3 Å². The lowest BCUT2D eigenvalue weighted by Crippen LogP contribution is -2.03. The van der Waals surface area contributed by atoms with Crippen LogP contribution in [0.15, 0.2) is 41.3 Å². The van der Waals surface area contributed by atoms with Gasteiger partial charge in [0.25, 0.3) is 0 Å². The van der Waals surface area contributed by atoms with Crippen molar-refractivity contribution in [1.82, 2.24) is 4.98 Å². The molecule has 0 radical (unpaired) electrons. The van der Waals surface area contributed by atoms with E-state index < -0.39 is 5.97 Å². The van der Waals surface area contributed by atoms with E-state index >= 15 is 0 Å². The Hall–Kier alpha value is -2.47. The number of esters is 1. The number of methoxy groups -OCH3 is 1. The third-order valence-corrected chi connectivity index (χ3v) is 3.83. The van der Waals surface area contributed by atoms with Gasteiger partial charge in [0.2, 0.25) is 5.90 Å². The number of nitrogens with zero attached hydrogens (tertiary/aromatic N) is 2. The van der Waals surface area contributed by atoms with Gasteiger partial charge in [0.15, 0.2) is 5.70 Å². The first-order chi connectivity index (χ1) is 10.2. The normalized spacial score (nSPS) is 16.0. The second-order valence-corrected chi connectivity index (χ2v) is 5.69. The lowest BCUT2D eigenvalue weighted by molar-refractivity contribution is -0.129. The van der Waals surface area contributed by atoms with Crippen molar-refractivity contribution in [2.75, 3.05) is 7.11 Å². The highest BCUT2D eigenvalue weighted by molar-refractivity contribution is 7.14. The molecule has 2 aromatic rings. The molecule has 0 saturated carbocycles. The highest BCUT2D eigenvalue weighted by Crippen LogP contribution is 2.24. The number of pyridine rings is 1. The maximum atomic E-state index is 11.9. The fourth-order valence-corrected chi connectivity index (χ4v) is 2.64. The molecular formula is C15H12N2O3S. The fourth-order valence-electron chi connectivity index (χ4n) is 1.85. The van der Waals surface area contributed by atoms with Crippen molar-refractivity contribution >= 4 is 29.3 Å². The van der Waals surface area contributed by atoms with Gasteiger partial charge in [-0.2, -0.15) is 0 Å². The molecule has 0 fully saturated rings. The summed E-state index contributed by atoms with van der Waals surface area (Å²) in [7, 11) is 1.56. The molecule has 106 valence electrons. The third kappa shape index (κ3) is 2.85. The molecular weight excluding hydrogens is 288 g/mol. The molecule has 21 heavy (non-hydrogen) atoms. The van der Waals surface area contributed by atoms with Crippen LogP contribution < -0.4 is 4.74 Å². The van der Waals surface area contributed by atoms with Gasteiger partial charge in [-0.15, -0.1) is 11.3 Å².